The molecule has 1 saturated heterocycles. The minimum atomic E-state index is -0.257. The summed E-state index contributed by atoms with van der Waals surface area (Å²) in [5.74, 6) is 0. The molecule has 0 radical (unpaired) electrons. The van der Waals surface area contributed by atoms with E-state index in [1.54, 1.807) is 0 Å². The molecule has 0 bridgehead atoms. The van der Waals surface area contributed by atoms with Gasteiger partial charge in [-0.2, -0.15) is 5.10 Å². The molecule has 4 heteroatoms. The molecule has 1 aliphatic rings. The molecule has 1 aromatic carbocycles. The monoisotopic (exact) mass is 230 g/mol. The van der Waals surface area contributed by atoms with Crippen molar-refractivity contribution in [2.75, 3.05) is 13.2 Å². The predicted molar refractivity (Wildman–Crippen MR) is 62.9 cm³/mol. The molecule has 0 aliphatic carbocycles. The zero-order valence-electron chi connectivity index (χ0n) is 9.67. The van der Waals surface area contributed by atoms with E-state index < -0.39 is 0 Å². The summed E-state index contributed by atoms with van der Waals surface area (Å²) in [7, 11) is 0. The van der Waals surface area contributed by atoms with Gasteiger partial charge in [0.05, 0.1) is 25.1 Å². The summed E-state index contributed by atoms with van der Waals surface area (Å²) in [6, 6.07) is 10.0. The number of para-hydroxylation sites is 1. The van der Waals surface area contributed by atoms with E-state index in [4.69, 9.17) is 9.47 Å². The van der Waals surface area contributed by atoms with Crippen molar-refractivity contribution in [3.8, 4) is 5.69 Å². The highest BCUT2D eigenvalue weighted by Crippen LogP contribution is 2.26. The van der Waals surface area contributed by atoms with E-state index in [1.807, 2.05) is 48.1 Å². The first-order valence-electron chi connectivity index (χ1n) is 5.69. The van der Waals surface area contributed by atoms with Gasteiger partial charge in [-0.3, -0.25) is 0 Å². The second-order valence-electron chi connectivity index (χ2n) is 4.01. The molecule has 0 amide bonds. The zero-order chi connectivity index (χ0) is 11.7. The van der Waals surface area contributed by atoms with Crippen LogP contribution in [0.3, 0.4) is 0 Å². The second-order valence-corrected chi connectivity index (χ2v) is 4.01. The van der Waals surface area contributed by atoms with E-state index >= 15 is 0 Å². The van der Waals surface area contributed by atoms with Crippen LogP contribution in [0.15, 0.2) is 36.5 Å². The van der Waals surface area contributed by atoms with Crippen molar-refractivity contribution < 1.29 is 9.47 Å². The summed E-state index contributed by atoms with van der Waals surface area (Å²) in [4.78, 5) is 0. The molecule has 3 rings (SSSR count). The van der Waals surface area contributed by atoms with Gasteiger partial charge >= 0.3 is 0 Å². The fourth-order valence-electron chi connectivity index (χ4n) is 2.02. The summed E-state index contributed by atoms with van der Waals surface area (Å²) in [5, 5.41) is 4.39. The third-order valence-corrected chi connectivity index (χ3v) is 2.92. The lowest BCUT2D eigenvalue weighted by atomic mass is 10.2. The van der Waals surface area contributed by atoms with E-state index in [9.17, 15) is 0 Å². The van der Waals surface area contributed by atoms with E-state index in [0.29, 0.717) is 13.2 Å². The number of aromatic nitrogens is 2. The van der Waals surface area contributed by atoms with Gasteiger partial charge in [-0.15, -0.1) is 0 Å². The van der Waals surface area contributed by atoms with Crippen molar-refractivity contribution in [2.24, 2.45) is 0 Å². The molecule has 0 spiro atoms. The normalized spacial score (nSPS) is 16.5. The van der Waals surface area contributed by atoms with Gasteiger partial charge in [0.15, 0.2) is 6.29 Å². The van der Waals surface area contributed by atoms with E-state index in [0.717, 1.165) is 16.9 Å². The largest absolute Gasteiger partial charge is 0.346 e. The summed E-state index contributed by atoms with van der Waals surface area (Å²) in [6.07, 6.45) is 1.56. The molecule has 2 heterocycles. The third kappa shape index (κ3) is 1.85. The highest BCUT2D eigenvalue weighted by atomic mass is 16.7. The Morgan fingerprint density at radius 1 is 1.18 bits per heavy atom. The average molecular weight is 230 g/mol. The fourth-order valence-corrected chi connectivity index (χ4v) is 2.02. The van der Waals surface area contributed by atoms with Crippen molar-refractivity contribution in [3.63, 3.8) is 0 Å². The quantitative estimate of drug-likeness (QED) is 0.793. The molecule has 2 aromatic rings. The molecule has 0 unspecified atom stereocenters. The Morgan fingerprint density at radius 2 is 1.88 bits per heavy atom. The number of nitrogens with zero attached hydrogens (tertiary/aromatic N) is 2. The van der Waals surface area contributed by atoms with Gasteiger partial charge in [0.25, 0.3) is 0 Å². The molecule has 4 nitrogen and oxygen atoms in total. The molecule has 1 aromatic heterocycles. The lowest BCUT2D eigenvalue weighted by molar-refractivity contribution is -0.0445. The smallest absolute Gasteiger partial charge is 0.187 e. The van der Waals surface area contributed by atoms with Crippen LogP contribution in [0, 0.1) is 6.92 Å². The Balaban J connectivity index is 1.97. The molecule has 88 valence electrons. The van der Waals surface area contributed by atoms with E-state index in [1.165, 1.54) is 0 Å². The Morgan fingerprint density at radius 3 is 2.59 bits per heavy atom. The van der Waals surface area contributed by atoms with E-state index in [2.05, 4.69) is 5.10 Å². The Labute approximate surface area is 99.8 Å². The standard InChI is InChI=1S/C13H14N2O2/c1-10-12(13-16-7-8-17-13)9-14-15(10)11-5-3-2-4-6-11/h2-6,9,13H,7-8H2,1H3. The van der Waals surface area contributed by atoms with Crippen LogP contribution in [0.25, 0.3) is 5.69 Å². The first-order chi connectivity index (χ1) is 8.36. The average Bonchev–Trinajstić information content (AvgIpc) is 2.99. The maximum absolute atomic E-state index is 5.49. The van der Waals surface area contributed by atoms with Crippen molar-refractivity contribution >= 4 is 0 Å². The van der Waals surface area contributed by atoms with Crippen LogP contribution >= 0.6 is 0 Å². The van der Waals surface area contributed by atoms with Crippen molar-refractivity contribution in [3.05, 3.63) is 47.8 Å². The first-order valence-corrected chi connectivity index (χ1v) is 5.69. The Hall–Kier alpha value is -1.65. The Kier molecular flexibility index (Phi) is 2.66. The number of hydrogen-bond acceptors (Lipinski definition) is 3. The maximum atomic E-state index is 5.49. The van der Waals surface area contributed by atoms with Crippen LogP contribution < -0.4 is 0 Å². The van der Waals surface area contributed by atoms with Crippen molar-refractivity contribution in [2.45, 2.75) is 13.2 Å². The molecule has 1 fully saturated rings. The molecule has 17 heavy (non-hydrogen) atoms. The van der Waals surface area contributed by atoms with Gasteiger partial charge in [-0.1, -0.05) is 18.2 Å². The van der Waals surface area contributed by atoms with Gasteiger partial charge in [0, 0.05) is 11.3 Å². The topological polar surface area (TPSA) is 36.3 Å². The first kappa shape index (κ1) is 10.5. The van der Waals surface area contributed by atoms with Gasteiger partial charge < -0.3 is 9.47 Å². The molecular weight excluding hydrogens is 216 g/mol. The molecule has 0 atom stereocenters. The van der Waals surface area contributed by atoms with Crippen LogP contribution in [0.2, 0.25) is 0 Å². The van der Waals surface area contributed by atoms with Crippen LogP contribution in [0.1, 0.15) is 17.5 Å². The van der Waals surface area contributed by atoms with Gasteiger partial charge in [0.2, 0.25) is 0 Å². The van der Waals surface area contributed by atoms with E-state index in [-0.39, 0.29) is 6.29 Å². The number of ether oxygens (including phenoxy) is 2. The SMILES string of the molecule is Cc1c(C2OCCO2)cnn1-c1ccccc1. The third-order valence-electron chi connectivity index (χ3n) is 2.92. The lowest BCUT2D eigenvalue weighted by Crippen LogP contribution is -2.02. The van der Waals surface area contributed by atoms with Crippen LogP contribution in [0.5, 0.6) is 0 Å². The van der Waals surface area contributed by atoms with Crippen LogP contribution in [0.4, 0.5) is 0 Å². The zero-order valence-corrected chi connectivity index (χ0v) is 9.67. The Bertz CT molecular complexity index is 501. The van der Waals surface area contributed by atoms with Gasteiger partial charge in [-0.05, 0) is 19.1 Å². The van der Waals surface area contributed by atoms with Gasteiger partial charge in [-0.25, -0.2) is 4.68 Å². The second kappa shape index (κ2) is 4.31. The van der Waals surface area contributed by atoms with Gasteiger partial charge in [0.1, 0.15) is 0 Å². The lowest BCUT2D eigenvalue weighted by Gasteiger charge is -2.09. The number of benzene rings is 1. The maximum Gasteiger partial charge on any atom is 0.187 e. The minimum absolute atomic E-state index is 0.257. The van der Waals surface area contributed by atoms with Crippen LogP contribution in [-0.4, -0.2) is 23.0 Å². The minimum Gasteiger partial charge on any atom is -0.346 e. The molecular formula is C13H14N2O2. The summed E-state index contributed by atoms with van der Waals surface area (Å²) >= 11 is 0. The fraction of sp³-hybridized carbons (Fsp3) is 0.308. The molecule has 0 saturated carbocycles. The molecule has 0 N–H and O–H groups in total. The summed E-state index contributed by atoms with van der Waals surface area (Å²) < 4.78 is 12.9. The van der Waals surface area contributed by atoms with Crippen molar-refractivity contribution in [1.29, 1.82) is 0 Å². The molecule has 1 aliphatic heterocycles. The number of rotatable bonds is 2. The summed E-state index contributed by atoms with van der Waals surface area (Å²) in [5.41, 5.74) is 3.11. The van der Waals surface area contributed by atoms with Crippen LogP contribution in [-0.2, 0) is 9.47 Å². The highest BCUT2D eigenvalue weighted by molar-refractivity contribution is 5.34. The number of hydrogen-bond donors (Lipinski definition) is 0. The summed E-state index contributed by atoms with van der Waals surface area (Å²) in [6.45, 7) is 3.33. The predicted octanol–water partition coefficient (Wildman–Crippen LogP) is 2.23. The highest BCUT2D eigenvalue weighted by Gasteiger charge is 2.23. The van der Waals surface area contributed by atoms with Crippen molar-refractivity contribution in [1.82, 2.24) is 9.78 Å².